The van der Waals surface area contributed by atoms with Crippen LogP contribution in [-0.2, 0) is 0 Å². The molecule has 0 heterocycles. The lowest BCUT2D eigenvalue weighted by Crippen LogP contribution is -2.39. The molecule has 0 aromatic heterocycles. The van der Waals surface area contributed by atoms with E-state index in [-0.39, 0.29) is 17.4 Å². The van der Waals surface area contributed by atoms with Gasteiger partial charge in [0.15, 0.2) is 8.32 Å². The van der Waals surface area contributed by atoms with Gasteiger partial charge in [-0.15, -0.1) is 13.2 Å². The Kier molecular flexibility index (Phi) is 6.52. The van der Waals surface area contributed by atoms with Gasteiger partial charge in [-0.2, -0.15) is 0 Å². The standard InChI is InChI=1S/C17H25F3O3Si/c1-13(10-11-16(2,3)24(4,5)21)12-22-14-6-8-15(9-7-14)23-17(18,19)20/h6-9,21H,1,10-12H2,2-5H3. The van der Waals surface area contributed by atoms with E-state index >= 15 is 0 Å². The maximum atomic E-state index is 12.1. The molecule has 0 radical (unpaired) electrons. The van der Waals surface area contributed by atoms with Crippen molar-refractivity contribution < 1.29 is 27.4 Å². The van der Waals surface area contributed by atoms with Crippen LogP contribution < -0.4 is 9.47 Å². The first kappa shape index (κ1) is 20.6. The van der Waals surface area contributed by atoms with Gasteiger partial charge in [-0.25, -0.2) is 0 Å². The van der Waals surface area contributed by atoms with Crippen molar-refractivity contribution in [2.24, 2.45) is 0 Å². The summed E-state index contributed by atoms with van der Waals surface area (Å²) >= 11 is 0. The highest BCUT2D eigenvalue weighted by molar-refractivity contribution is 6.72. The second-order valence-electron chi connectivity index (χ2n) is 7.00. The Labute approximate surface area is 142 Å². The van der Waals surface area contributed by atoms with E-state index in [1.165, 1.54) is 24.3 Å². The van der Waals surface area contributed by atoms with Crippen molar-refractivity contribution in [3.63, 3.8) is 0 Å². The molecule has 0 fully saturated rings. The summed E-state index contributed by atoms with van der Waals surface area (Å²) < 4.78 is 45.6. The van der Waals surface area contributed by atoms with E-state index in [0.717, 1.165) is 18.4 Å². The molecule has 0 aliphatic rings. The molecule has 1 N–H and O–H groups in total. The minimum absolute atomic E-state index is 0.132. The molecule has 1 rings (SSSR count). The average Bonchev–Trinajstić information content (AvgIpc) is 2.41. The van der Waals surface area contributed by atoms with Gasteiger partial charge in [-0.05, 0) is 60.8 Å². The third-order valence-corrected chi connectivity index (χ3v) is 7.82. The molecule has 136 valence electrons. The van der Waals surface area contributed by atoms with Crippen molar-refractivity contribution in [3.05, 3.63) is 36.4 Å². The van der Waals surface area contributed by atoms with E-state index in [9.17, 15) is 18.0 Å². The lowest BCUT2D eigenvalue weighted by Gasteiger charge is -2.35. The molecule has 3 nitrogen and oxygen atoms in total. The van der Waals surface area contributed by atoms with Gasteiger partial charge in [0.2, 0.25) is 0 Å². The average molecular weight is 362 g/mol. The second kappa shape index (κ2) is 7.61. The van der Waals surface area contributed by atoms with Gasteiger partial charge in [0.25, 0.3) is 0 Å². The summed E-state index contributed by atoms with van der Waals surface area (Å²) in [5.74, 6) is 0.160. The predicted octanol–water partition coefficient (Wildman–Crippen LogP) is 5.28. The maximum Gasteiger partial charge on any atom is 0.573 e. The fourth-order valence-electron chi connectivity index (χ4n) is 1.79. The first-order valence-electron chi connectivity index (χ1n) is 7.68. The topological polar surface area (TPSA) is 38.7 Å². The molecule has 7 heteroatoms. The van der Waals surface area contributed by atoms with Crippen LogP contribution in [0.15, 0.2) is 36.4 Å². The molecular weight excluding hydrogens is 337 g/mol. The van der Waals surface area contributed by atoms with Crippen LogP contribution in [0, 0.1) is 0 Å². The van der Waals surface area contributed by atoms with Crippen LogP contribution >= 0.6 is 0 Å². The van der Waals surface area contributed by atoms with Gasteiger partial charge in [0.05, 0.1) is 0 Å². The number of alkyl halides is 3. The Bertz CT molecular complexity index is 546. The smallest absolute Gasteiger partial charge is 0.489 e. The third-order valence-electron chi connectivity index (χ3n) is 4.26. The first-order chi connectivity index (χ1) is 10.8. The molecule has 1 aromatic rings. The molecular formula is C17H25F3O3Si. The predicted molar refractivity (Wildman–Crippen MR) is 90.7 cm³/mol. The van der Waals surface area contributed by atoms with E-state index in [1.807, 2.05) is 26.9 Å². The molecule has 0 aliphatic heterocycles. The Morgan fingerprint density at radius 1 is 1.12 bits per heavy atom. The van der Waals surface area contributed by atoms with Gasteiger partial charge >= 0.3 is 6.36 Å². The molecule has 0 saturated heterocycles. The van der Waals surface area contributed by atoms with E-state index in [4.69, 9.17) is 4.74 Å². The largest absolute Gasteiger partial charge is 0.573 e. The number of rotatable bonds is 8. The Morgan fingerprint density at radius 3 is 2.08 bits per heavy atom. The zero-order valence-corrected chi connectivity index (χ0v) is 15.5. The van der Waals surface area contributed by atoms with Crippen molar-refractivity contribution in [3.8, 4) is 11.5 Å². The lowest BCUT2D eigenvalue weighted by atomic mass is 10.0. The minimum atomic E-state index is -4.70. The van der Waals surface area contributed by atoms with Gasteiger partial charge < -0.3 is 14.3 Å². The van der Waals surface area contributed by atoms with E-state index < -0.39 is 14.7 Å². The van der Waals surface area contributed by atoms with Crippen LogP contribution in [0.1, 0.15) is 26.7 Å². The fraction of sp³-hybridized carbons (Fsp3) is 0.529. The number of hydrogen-bond acceptors (Lipinski definition) is 3. The SMILES string of the molecule is C=C(CCC(C)(C)[Si](C)(C)O)COc1ccc(OC(F)(F)F)cc1. The van der Waals surface area contributed by atoms with Crippen molar-refractivity contribution in [1.29, 1.82) is 0 Å². The normalized spacial score (nSPS) is 12.8. The molecule has 0 atom stereocenters. The number of halogens is 3. The number of ether oxygens (including phenoxy) is 2. The fourth-order valence-corrected chi connectivity index (χ4v) is 2.53. The molecule has 0 spiro atoms. The molecule has 0 saturated carbocycles. The van der Waals surface area contributed by atoms with E-state index in [1.54, 1.807) is 0 Å². The molecule has 24 heavy (non-hydrogen) atoms. The summed E-state index contributed by atoms with van der Waals surface area (Å²) in [6.07, 6.45) is -3.17. The van der Waals surface area contributed by atoms with Crippen molar-refractivity contribution >= 4 is 8.32 Å². The summed E-state index contributed by atoms with van der Waals surface area (Å²) in [6, 6.07) is 5.24. The monoisotopic (exact) mass is 362 g/mol. The van der Waals surface area contributed by atoms with Crippen LogP contribution in [0.4, 0.5) is 13.2 Å². The summed E-state index contributed by atoms with van der Waals surface area (Å²) in [4.78, 5) is 10.3. The third kappa shape index (κ3) is 6.96. The molecule has 0 aliphatic carbocycles. The van der Waals surface area contributed by atoms with Crippen LogP contribution in [0.5, 0.6) is 11.5 Å². The lowest BCUT2D eigenvalue weighted by molar-refractivity contribution is -0.274. The van der Waals surface area contributed by atoms with Crippen LogP contribution in [0.3, 0.4) is 0 Å². The zero-order valence-electron chi connectivity index (χ0n) is 14.5. The minimum Gasteiger partial charge on any atom is -0.489 e. The Morgan fingerprint density at radius 2 is 1.62 bits per heavy atom. The van der Waals surface area contributed by atoms with Crippen LogP contribution in [0.2, 0.25) is 18.1 Å². The number of benzene rings is 1. The van der Waals surface area contributed by atoms with Gasteiger partial charge in [0, 0.05) is 0 Å². The van der Waals surface area contributed by atoms with Crippen molar-refractivity contribution in [2.75, 3.05) is 6.61 Å². The molecule has 0 bridgehead atoms. The zero-order chi connectivity index (χ0) is 18.6. The van der Waals surface area contributed by atoms with Crippen LogP contribution in [-0.4, -0.2) is 26.1 Å². The first-order valence-corrected chi connectivity index (χ1v) is 10.6. The molecule has 0 unspecified atom stereocenters. The summed E-state index contributed by atoms with van der Waals surface area (Å²) in [6.45, 7) is 12.2. The van der Waals surface area contributed by atoms with Gasteiger partial charge in [0.1, 0.15) is 18.1 Å². The molecule has 1 aromatic carbocycles. The van der Waals surface area contributed by atoms with Crippen molar-refractivity contribution in [1.82, 2.24) is 0 Å². The Balaban J connectivity index is 2.45. The molecule has 0 amide bonds. The Hall–Kier alpha value is -1.47. The van der Waals surface area contributed by atoms with Gasteiger partial charge in [-0.3, -0.25) is 0 Å². The highest BCUT2D eigenvalue weighted by Gasteiger charge is 2.37. The van der Waals surface area contributed by atoms with Crippen LogP contribution in [0.25, 0.3) is 0 Å². The summed E-state index contributed by atoms with van der Waals surface area (Å²) in [7, 11) is -2.25. The van der Waals surface area contributed by atoms with E-state index in [2.05, 4.69) is 11.3 Å². The van der Waals surface area contributed by atoms with Crippen molar-refractivity contribution in [2.45, 2.75) is 51.2 Å². The highest BCUT2D eigenvalue weighted by Crippen LogP contribution is 2.40. The number of hydrogen-bond donors (Lipinski definition) is 1. The highest BCUT2D eigenvalue weighted by atomic mass is 28.4. The maximum absolute atomic E-state index is 12.1. The summed E-state index contributed by atoms with van der Waals surface area (Å²) in [5, 5.41) is -0.132. The second-order valence-corrected chi connectivity index (χ2v) is 11.5. The quantitative estimate of drug-likeness (QED) is 0.505. The van der Waals surface area contributed by atoms with E-state index in [0.29, 0.717) is 5.75 Å². The summed E-state index contributed by atoms with van der Waals surface area (Å²) in [5.41, 5.74) is 0.872. The van der Waals surface area contributed by atoms with Gasteiger partial charge in [-0.1, -0.05) is 20.4 Å².